The third kappa shape index (κ3) is 3.75. The Balaban J connectivity index is 2.30. The highest BCUT2D eigenvalue weighted by Gasteiger charge is 2.10. The van der Waals surface area contributed by atoms with Gasteiger partial charge < -0.3 is 10.2 Å². The van der Waals surface area contributed by atoms with E-state index in [0.29, 0.717) is 6.04 Å². The molecule has 0 saturated heterocycles. The molecule has 0 amide bonds. The molecule has 0 aliphatic heterocycles. The summed E-state index contributed by atoms with van der Waals surface area (Å²) in [5, 5.41) is 4.22. The largest absolute Gasteiger partial charge is 0.344 e. The van der Waals surface area contributed by atoms with E-state index in [9.17, 15) is 0 Å². The Morgan fingerprint density at radius 1 is 1.10 bits per heavy atom. The van der Waals surface area contributed by atoms with Crippen LogP contribution in [0.3, 0.4) is 0 Å². The first-order valence-electron chi connectivity index (χ1n) is 6.88. The Bertz CT molecular complexity index is 552. The van der Waals surface area contributed by atoms with Gasteiger partial charge in [-0.05, 0) is 35.9 Å². The smallest absolute Gasteiger partial charge is 0.0454 e. The topological polar surface area (TPSA) is 15.3 Å². The normalized spacial score (nSPS) is 10.8. The van der Waals surface area contributed by atoms with Crippen LogP contribution in [0.4, 0.5) is 11.4 Å². The second-order valence-electron chi connectivity index (χ2n) is 5.20. The van der Waals surface area contributed by atoms with Crippen molar-refractivity contribution in [3.05, 3.63) is 59.1 Å². The maximum Gasteiger partial charge on any atom is 0.0454 e. The summed E-state index contributed by atoms with van der Waals surface area (Å²) < 4.78 is 0. The zero-order valence-electron chi connectivity index (χ0n) is 12.2. The summed E-state index contributed by atoms with van der Waals surface area (Å²) in [4.78, 5) is 2.19. The van der Waals surface area contributed by atoms with Crippen molar-refractivity contribution in [2.75, 3.05) is 11.9 Å². The van der Waals surface area contributed by atoms with Crippen molar-refractivity contribution < 1.29 is 0 Å². The van der Waals surface area contributed by atoms with Gasteiger partial charge in [0.15, 0.2) is 0 Å². The quantitative estimate of drug-likeness (QED) is 0.864. The summed E-state index contributed by atoms with van der Waals surface area (Å²) in [6, 6.07) is 16.8. The molecule has 3 heteroatoms. The molecule has 1 N–H and O–H groups in total. The van der Waals surface area contributed by atoms with Crippen molar-refractivity contribution in [2.45, 2.75) is 26.4 Å². The maximum atomic E-state index is 6.14. The highest BCUT2D eigenvalue weighted by Crippen LogP contribution is 2.29. The number of hydrogen-bond donors (Lipinski definition) is 1. The molecule has 0 fully saturated rings. The van der Waals surface area contributed by atoms with Crippen LogP contribution in [0.1, 0.15) is 19.4 Å². The molecular formula is C17H21ClN2. The van der Waals surface area contributed by atoms with Crippen LogP contribution in [0.15, 0.2) is 48.5 Å². The molecule has 20 heavy (non-hydrogen) atoms. The van der Waals surface area contributed by atoms with Crippen molar-refractivity contribution >= 4 is 23.0 Å². The predicted molar refractivity (Wildman–Crippen MR) is 87.9 cm³/mol. The van der Waals surface area contributed by atoms with Gasteiger partial charge in [-0.25, -0.2) is 0 Å². The number of rotatable bonds is 5. The lowest BCUT2D eigenvalue weighted by atomic mass is 10.1. The van der Waals surface area contributed by atoms with Crippen LogP contribution in [-0.4, -0.2) is 13.1 Å². The Hall–Kier alpha value is -1.51. The zero-order valence-corrected chi connectivity index (χ0v) is 13.0. The third-order valence-corrected chi connectivity index (χ3v) is 3.48. The van der Waals surface area contributed by atoms with E-state index in [1.807, 2.05) is 30.3 Å². The lowest BCUT2D eigenvalue weighted by Crippen LogP contribution is -2.23. The van der Waals surface area contributed by atoms with Crippen LogP contribution in [0.2, 0.25) is 5.02 Å². The highest BCUT2D eigenvalue weighted by atomic mass is 35.5. The standard InChI is InChI=1S/C17H21ClN2/c1-13(2)19-12-14-11-15(18)9-10-17(14)20(3)16-7-5-4-6-8-16/h4-11,13,19H,12H2,1-3H3. The number of hydrogen-bond acceptors (Lipinski definition) is 2. The number of benzene rings is 2. The van der Waals surface area contributed by atoms with E-state index in [1.165, 1.54) is 16.9 Å². The fourth-order valence-electron chi connectivity index (χ4n) is 2.13. The van der Waals surface area contributed by atoms with Gasteiger partial charge in [0.05, 0.1) is 0 Å². The van der Waals surface area contributed by atoms with Crippen molar-refractivity contribution in [1.82, 2.24) is 5.32 Å². The molecule has 0 unspecified atom stereocenters. The summed E-state index contributed by atoms with van der Waals surface area (Å²) >= 11 is 6.14. The summed E-state index contributed by atoms with van der Waals surface area (Å²) in [6.45, 7) is 5.10. The molecule has 2 rings (SSSR count). The van der Waals surface area contributed by atoms with E-state index < -0.39 is 0 Å². The fraction of sp³-hybridized carbons (Fsp3) is 0.294. The monoisotopic (exact) mass is 288 g/mol. The van der Waals surface area contributed by atoms with Gasteiger partial charge in [0.25, 0.3) is 0 Å². The molecule has 2 aromatic rings. The third-order valence-electron chi connectivity index (χ3n) is 3.25. The molecular weight excluding hydrogens is 268 g/mol. The van der Waals surface area contributed by atoms with Gasteiger partial charge in [-0.3, -0.25) is 0 Å². The summed E-state index contributed by atoms with van der Waals surface area (Å²) in [5.74, 6) is 0. The van der Waals surface area contributed by atoms with Gasteiger partial charge in [0.1, 0.15) is 0 Å². The average Bonchev–Trinajstić information content (AvgIpc) is 2.45. The lowest BCUT2D eigenvalue weighted by Gasteiger charge is -2.23. The SMILES string of the molecule is CC(C)NCc1cc(Cl)ccc1N(C)c1ccccc1. The minimum Gasteiger partial charge on any atom is -0.344 e. The number of nitrogens with zero attached hydrogens (tertiary/aromatic N) is 1. The van der Waals surface area contributed by atoms with E-state index in [1.54, 1.807) is 0 Å². The number of nitrogens with one attached hydrogen (secondary N) is 1. The van der Waals surface area contributed by atoms with Crippen LogP contribution in [0.25, 0.3) is 0 Å². The minimum atomic E-state index is 0.448. The second kappa shape index (κ2) is 6.78. The van der Waals surface area contributed by atoms with Gasteiger partial charge >= 0.3 is 0 Å². The molecule has 0 bridgehead atoms. The van der Waals surface area contributed by atoms with Crippen LogP contribution in [0, 0.1) is 0 Å². The molecule has 0 saturated carbocycles. The first kappa shape index (κ1) is 14.9. The zero-order chi connectivity index (χ0) is 14.5. The molecule has 0 aromatic heterocycles. The van der Waals surface area contributed by atoms with Crippen LogP contribution >= 0.6 is 11.6 Å². The molecule has 0 aliphatic carbocycles. The number of para-hydroxylation sites is 1. The molecule has 0 atom stereocenters. The Kier molecular flexibility index (Phi) is 5.05. The van der Waals surface area contributed by atoms with E-state index in [4.69, 9.17) is 11.6 Å². The molecule has 2 aromatic carbocycles. The van der Waals surface area contributed by atoms with E-state index in [-0.39, 0.29) is 0 Å². The summed E-state index contributed by atoms with van der Waals surface area (Å²) in [6.07, 6.45) is 0. The van der Waals surface area contributed by atoms with Crippen molar-refractivity contribution in [1.29, 1.82) is 0 Å². The number of anilines is 2. The minimum absolute atomic E-state index is 0.448. The molecule has 0 radical (unpaired) electrons. The summed E-state index contributed by atoms with van der Waals surface area (Å²) in [5.41, 5.74) is 3.55. The van der Waals surface area contributed by atoms with Gasteiger partial charge in [-0.2, -0.15) is 0 Å². The maximum absolute atomic E-state index is 6.14. The summed E-state index contributed by atoms with van der Waals surface area (Å²) in [7, 11) is 2.08. The van der Waals surface area contributed by atoms with Crippen LogP contribution < -0.4 is 10.2 Å². The molecule has 106 valence electrons. The fourth-order valence-corrected chi connectivity index (χ4v) is 2.32. The Morgan fingerprint density at radius 2 is 1.80 bits per heavy atom. The van der Waals surface area contributed by atoms with Crippen molar-refractivity contribution in [3.63, 3.8) is 0 Å². The predicted octanol–water partition coefficient (Wildman–Crippen LogP) is 4.61. The van der Waals surface area contributed by atoms with Crippen LogP contribution in [0.5, 0.6) is 0 Å². The van der Waals surface area contributed by atoms with Gasteiger partial charge in [-0.1, -0.05) is 43.6 Å². The molecule has 0 heterocycles. The molecule has 2 nitrogen and oxygen atoms in total. The van der Waals surface area contributed by atoms with Gasteiger partial charge in [0, 0.05) is 36.0 Å². The Morgan fingerprint density at radius 3 is 2.45 bits per heavy atom. The van der Waals surface area contributed by atoms with E-state index in [0.717, 1.165) is 11.6 Å². The molecule has 0 aliphatic rings. The highest BCUT2D eigenvalue weighted by molar-refractivity contribution is 6.30. The molecule has 0 spiro atoms. The first-order chi connectivity index (χ1) is 9.58. The lowest BCUT2D eigenvalue weighted by molar-refractivity contribution is 0.589. The second-order valence-corrected chi connectivity index (χ2v) is 5.64. The number of halogens is 1. The Labute approximate surface area is 126 Å². The van der Waals surface area contributed by atoms with Crippen molar-refractivity contribution in [3.8, 4) is 0 Å². The average molecular weight is 289 g/mol. The van der Waals surface area contributed by atoms with Gasteiger partial charge in [-0.15, -0.1) is 0 Å². The van der Waals surface area contributed by atoms with Crippen molar-refractivity contribution in [2.24, 2.45) is 0 Å². The van der Waals surface area contributed by atoms with Gasteiger partial charge in [0.2, 0.25) is 0 Å². The van der Waals surface area contributed by atoms with E-state index in [2.05, 4.69) is 49.3 Å². The van der Waals surface area contributed by atoms with E-state index >= 15 is 0 Å². The van der Waals surface area contributed by atoms with Crippen LogP contribution in [-0.2, 0) is 6.54 Å². The first-order valence-corrected chi connectivity index (χ1v) is 7.26.